The van der Waals surface area contributed by atoms with E-state index in [0.29, 0.717) is 28.5 Å². The van der Waals surface area contributed by atoms with Gasteiger partial charge in [0.05, 0.1) is 17.1 Å². The van der Waals surface area contributed by atoms with E-state index in [-0.39, 0.29) is 42.2 Å². The van der Waals surface area contributed by atoms with Crippen LogP contribution in [-0.4, -0.2) is 43.1 Å². The molecule has 0 aliphatic heterocycles. The van der Waals surface area contributed by atoms with Crippen LogP contribution in [0.2, 0.25) is 0 Å². The number of phenols is 2. The number of benzene rings is 2. The first-order chi connectivity index (χ1) is 11.5. The fourth-order valence-electron chi connectivity index (χ4n) is 3.24. The number of hydrogen-bond acceptors (Lipinski definition) is 6. The summed E-state index contributed by atoms with van der Waals surface area (Å²) in [6.45, 7) is 1.85. The van der Waals surface area contributed by atoms with Crippen molar-refractivity contribution >= 4 is 16.6 Å². The van der Waals surface area contributed by atoms with Gasteiger partial charge in [-0.3, -0.25) is 4.79 Å². The molecule has 1 aliphatic carbocycles. The molecule has 2 aromatic carbocycles. The van der Waals surface area contributed by atoms with E-state index in [1.807, 2.05) is 6.92 Å². The second kappa shape index (κ2) is 6.30. The number of fused-ring (bicyclic) bond motifs is 2. The van der Waals surface area contributed by atoms with Crippen LogP contribution >= 0.6 is 0 Å². The zero-order valence-corrected chi connectivity index (χ0v) is 13.9. The van der Waals surface area contributed by atoms with Gasteiger partial charge < -0.3 is 24.4 Å². The van der Waals surface area contributed by atoms with Crippen molar-refractivity contribution in [3.8, 4) is 17.2 Å². The van der Waals surface area contributed by atoms with Gasteiger partial charge in [0.1, 0.15) is 17.2 Å². The van der Waals surface area contributed by atoms with E-state index in [2.05, 4.69) is 0 Å². The zero-order chi connectivity index (χ0) is 17.4. The van der Waals surface area contributed by atoms with Gasteiger partial charge in [0.2, 0.25) is 0 Å². The molecule has 2 N–H and O–H groups in total. The van der Waals surface area contributed by atoms with Crippen molar-refractivity contribution in [3.05, 3.63) is 28.8 Å². The van der Waals surface area contributed by atoms with Crippen LogP contribution in [0.1, 0.15) is 27.9 Å². The maximum Gasteiger partial charge on any atom is 0.188 e. The molecule has 0 saturated heterocycles. The Morgan fingerprint density at radius 2 is 1.92 bits per heavy atom. The monoisotopic (exact) mass is 332 g/mol. The van der Waals surface area contributed by atoms with E-state index in [4.69, 9.17) is 14.2 Å². The molecule has 2 aromatic rings. The van der Waals surface area contributed by atoms with Crippen molar-refractivity contribution < 1.29 is 29.2 Å². The number of methoxy groups -OCH3 is 2. The van der Waals surface area contributed by atoms with E-state index in [1.165, 1.54) is 14.2 Å². The molecule has 0 fully saturated rings. The van der Waals surface area contributed by atoms with Gasteiger partial charge in [-0.05, 0) is 24.6 Å². The van der Waals surface area contributed by atoms with Crippen LogP contribution in [0.4, 0.5) is 0 Å². The van der Waals surface area contributed by atoms with E-state index in [1.54, 1.807) is 12.1 Å². The number of carbonyl (C=O) groups excluding carboxylic acids is 1. The maximum atomic E-state index is 12.4. The van der Waals surface area contributed by atoms with Crippen molar-refractivity contribution in [2.24, 2.45) is 0 Å². The lowest BCUT2D eigenvalue weighted by Gasteiger charge is -2.25. The standard InChI is InChI=1S/C18H20O6/c1-9-4-11-16(14(5-9)24-8-22-2)18(21)15-12(17(11)20)6-10(23-3)7-13(15)19/h4-5,10,20-21H,6-8H2,1-3H3/t10-/m0/s1. The molecule has 24 heavy (non-hydrogen) atoms. The summed E-state index contributed by atoms with van der Waals surface area (Å²) in [5, 5.41) is 22.2. The molecule has 0 amide bonds. The number of aryl methyl sites for hydroxylation is 1. The number of ether oxygens (including phenoxy) is 3. The summed E-state index contributed by atoms with van der Waals surface area (Å²) in [5.74, 6) is -0.0671. The Morgan fingerprint density at radius 3 is 2.58 bits per heavy atom. The molecule has 0 heterocycles. The van der Waals surface area contributed by atoms with Gasteiger partial charge in [-0.1, -0.05) is 0 Å². The molecule has 128 valence electrons. The highest BCUT2D eigenvalue weighted by Gasteiger charge is 2.33. The summed E-state index contributed by atoms with van der Waals surface area (Å²) in [7, 11) is 3.02. The molecule has 0 saturated carbocycles. The summed E-state index contributed by atoms with van der Waals surface area (Å²) in [4.78, 5) is 12.4. The van der Waals surface area contributed by atoms with Crippen LogP contribution < -0.4 is 4.74 Å². The molecule has 0 radical (unpaired) electrons. The largest absolute Gasteiger partial charge is 0.507 e. The van der Waals surface area contributed by atoms with E-state index in [0.717, 1.165) is 5.56 Å². The topological polar surface area (TPSA) is 85.2 Å². The zero-order valence-electron chi connectivity index (χ0n) is 13.9. The smallest absolute Gasteiger partial charge is 0.188 e. The van der Waals surface area contributed by atoms with Gasteiger partial charge in [-0.25, -0.2) is 0 Å². The van der Waals surface area contributed by atoms with Crippen molar-refractivity contribution in [1.82, 2.24) is 0 Å². The van der Waals surface area contributed by atoms with Crippen LogP contribution in [0.25, 0.3) is 10.8 Å². The highest BCUT2D eigenvalue weighted by Crippen LogP contribution is 2.47. The maximum absolute atomic E-state index is 12.4. The number of rotatable bonds is 4. The number of hydrogen-bond donors (Lipinski definition) is 2. The Balaban J connectivity index is 2.31. The van der Waals surface area contributed by atoms with Gasteiger partial charge in [-0.15, -0.1) is 0 Å². The second-order valence-corrected chi connectivity index (χ2v) is 5.98. The molecule has 3 rings (SSSR count). The van der Waals surface area contributed by atoms with Crippen LogP contribution in [0.5, 0.6) is 17.2 Å². The fraction of sp³-hybridized carbons (Fsp3) is 0.389. The lowest BCUT2D eigenvalue weighted by molar-refractivity contribution is 0.0521. The Labute approximate surface area is 139 Å². The first-order valence-electron chi connectivity index (χ1n) is 7.66. The molecule has 0 spiro atoms. The van der Waals surface area contributed by atoms with Crippen LogP contribution in [0, 0.1) is 6.92 Å². The Morgan fingerprint density at radius 1 is 1.17 bits per heavy atom. The quantitative estimate of drug-likeness (QED) is 0.661. The van der Waals surface area contributed by atoms with Crippen LogP contribution in [0.15, 0.2) is 12.1 Å². The van der Waals surface area contributed by atoms with Gasteiger partial charge >= 0.3 is 0 Å². The summed E-state index contributed by atoms with van der Waals surface area (Å²) in [6.07, 6.45) is 0.235. The van der Waals surface area contributed by atoms with E-state index in [9.17, 15) is 15.0 Å². The first kappa shape index (κ1) is 16.5. The van der Waals surface area contributed by atoms with E-state index < -0.39 is 0 Å². The van der Waals surface area contributed by atoms with Crippen molar-refractivity contribution in [1.29, 1.82) is 0 Å². The average molecular weight is 332 g/mol. The minimum atomic E-state index is -0.304. The van der Waals surface area contributed by atoms with Gasteiger partial charge in [0.25, 0.3) is 0 Å². The SMILES string of the molecule is COCOc1cc(C)cc2c(O)c3c(c(O)c12)C(=O)C[C@@H](OC)C3. The number of carbonyl (C=O) groups is 1. The highest BCUT2D eigenvalue weighted by molar-refractivity contribution is 6.11. The van der Waals surface area contributed by atoms with Crippen molar-refractivity contribution in [2.75, 3.05) is 21.0 Å². The molecule has 6 nitrogen and oxygen atoms in total. The molecule has 0 aromatic heterocycles. The van der Waals surface area contributed by atoms with Gasteiger partial charge in [-0.2, -0.15) is 0 Å². The summed E-state index contributed by atoms with van der Waals surface area (Å²) >= 11 is 0. The number of phenolic OH excluding ortho intramolecular Hbond substituents is 2. The highest BCUT2D eigenvalue weighted by atomic mass is 16.7. The minimum absolute atomic E-state index is 0.00443. The normalized spacial score (nSPS) is 17.1. The van der Waals surface area contributed by atoms with Gasteiger partial charge in [0.15, 0.2) is 12.6 Å². The van der Waals surface area contributed by atoms with Crippen LogP contribution in [-0.2, 0) is 15.9 Å². The first-order valence-corrected chi connectivity index (χ1v) is 7.66. The molecule has 6 heteroatoms. The molecule has 0 bridgehead atoms. The molecule has 1 atom stereocenters. The average Bonchev–Trinajstić information content (AvgIpc) is 2.56. The molecule has 1 aliphatic rings. The Hall–Kier alpha value is -2.31. The lowest BCUT2D eigenvalue weighted by Crippen LogP contribution is -2.26. The fourth-order valence-corrected chi connectivity index (χ4v) is 3.24. The summed E-state index contributed by atoms with van der Waals surface area (Å²) in [5.41, 5.74) is 1.43. The van der Waals surface area contributed by atoms with E-state index >= 15 is 0 Å². The third-order valence-corrected chi connectivity index (χ3v) is 4.35. The van der Waals surface area contributed by atoms with Crippen molar-refractivity contribution in [3.63, 3.8) is 0 Å². The summed E-state index contributed by atoms with van der Waals surface area (Å²) in [6, 6.07) is 3.49. The Kier molecular flexibility index (Phi) is 4.34. The van der Waals surface area contributed by atoms with Crippen LogP contribution in [0.3, 0.4) is 0 Å². The number of ketones is 1. The summed E-state index contributed by atoms with van der Waals surface area (Å²) < 4.78 is 15.7. The molecule has 0 unspecified atom stereocenters. The predicted molar refractivity (Wildman–Crippen MR) is 88.0 cm³/mol. The molecular formula is C18H20O6. The second-order valence-electron chi connectivity index (χ2n) is 5.98. The Bertz CT molecular complexity index is 811. The third kappa shape index (κ3) is 2.57. The minimum Gasteiger partial charge on any atom is -0.507 e. The lowest BCUT2D eigenvalue weighted by atomic mass is 9.84. The predicted octanol–water partition coefficient (Wildman–Crippen LogP) is 2.69. The number of Topliss-reactive ketones (excluding diaryl/α,β-unsaturated/α-hetero) is 1. The molecular weight excluding hydrogens is 312 g/mol. The third-order valence-electron chi connectivity index (χ3n) is 4.35. The van der Waals surface area contributed by atoms with Gasteiger partial charge in [0, 0.05) is 38.0 Å². The number of aromatic hydroxyl groups is 2. The van der Waals surface area contributed by atoms with Crippen molar-refractivity contribution in [2.45, 2.75) is 25.9 Å².